The fourth-order valence-electron chi connectivity index (χ4n) is 11.2. The molecule has 1 aliphatic heterocycles. The lowest BCUT2D eigenvalue weighted by Crippen LogP contribution is -2.39. The fourth-order valence-corrected chi connectivity index (χ4v) is 11.2. The molecule has 0 unspecified atom stereocenters. The number of carbonyl (C=O) groups excluding carboxylic acids is 2. The van der Waals surface area contributed by atoms with Crippen LogP contribution in [-0.4, -0.2) is 81.4 Å². The summed E-state index contributed by atoms with van der Waals surface area (Å²) in [7, 11) is 0. The highest BCUT2D eigenvalue weighted by atomic mass is 16.7. The molecule has 0 N–H and O–H groups in total. The smallest absolute Gasteiger partial charge is 0.208 e. The summed E-state index contributed by atoms with van der Waals surface area (Å²) in [5, 5.41) is 0. The molecule has 572 valence electrons. The minimum atomic E-state index is -0.366. The molecular weight excluding hydrogens is 1350 g/mol. The Hall–Kier alpha value is -8.86. The van der Waals surface area contributed by atoms with Crippen molar-refractivity contribution in [3.63, 3.8) is 0 Å². The zero-order valence-electron chi connectivity index (χ0n) is 63.9. The lowest BCUT2D eigenvalue weighted by Gasteiger charge is -2.34. The van der Waals surface area contributed by atoms with E-state index in [4.69, 9.17) is 47.4 Å². The quantitative estimate of drug-likeness (QED) is 0.0205. The first kappa shape index (κ1) is 86.4. The normalized spacial score (nSPS) is 14.3. The first-order valence-electron chi connectivity index (χ1n) is 38.4. The van der Waals surface area contributed by atoms with E-state index in [0.29, 0.717) is 91.9 Å². The van der Waals surface area contributed by atoms with Crippen molar-refractivity contribution in [1.82, 2.24) is 0 Å². The molecule has 10 rings (SSSR count). The highest BCUT2D eigenvalue weighted by Crippen LogP contribution is 2.38. The topological polar surface area (TPSA) is 126 Å². The molecule has 1 fully saturated rings. The van der Waals surface area contributed by atoms with E-state index in [1.807, 2.05) is 182 Å². The number of hydrogen-bond acceptors (Lipinski definition) is 12. The zero-order valence-corrected chi connectivity index (χ0v) is 63.9. The average Bonchev–Trinajstić information content (AvgIpc) is 1.64. The van der Waals surface area contributed by atoms with Crippen molar-refractivity contribution >= 4 is 11.6 Å². The summed E-state index contributed by atoms with van der Waals surface area (Å²) in [6.07, 6.45) is 28.2. The minimum absolute atomic E-state index is 0.00145. The summed E-state index contributed by atoms with van der Waals surface area (Å²) in [5.41, 5.74) is 9.56. The molecule has 8 aromatic rings. The first-order valence-corrected chi connectivity index (χ1v) is 38.4. The molecule has 1 saturated heterocycles. The van der Waals surface area contributed by atoms with Crippen molar-refractivity contribution in [2.75, 3.05) is 39.6 Å². The maximum absolute atomic E-state index is 12.7. The zero-order chi connectivity index (χ0) is 75.9. The van der Waals surface area contributed by atoms with Gasteiger partial charge in [-0.1, -0.05) is 287 Å². The van der Waals surface area contributed by atoms with E-state index in [-0.39, 0.29) is 47.2 Å². The molecule has 2 aliphatic rings. The Morgan fingerprint density at radius 2 is 0.574 bits per heavy atom. The van der Waals surface area contributed by atoms with E-state index >= 15 is 0 Å². The second kappa shape index (κ2) is 53.8. The SMILES string of the molecule is C=CC(=O)C=CC[C@@H](CCCOCc1ccccc1)OCc1ccccc1.C=CC[C@@H](CCCOCc1ccccc1)OCc1ccccc1.CC1(C)COC2(C=C2)OC1.O=C(/C=C/C[C@@H](CCCOCc1ccccc1)OCc1ccccc1)/C=C/C[C@@H](CCCOCc1ccccc1)OCc1ccccc1. The van der Waals surface area contributed by atoms with Gasteiger partial charge in [0.2, 0.25) is 5.79 Å². The van der Waals surface area contributed by atoms with Crippen LogP contribution in [-0.2, 0) is 110 Å². The molecule has 8 aromatic carbocycles. The van der Waals surface area contributed by atoms with Gasteiger partial charge in [-0.25, -0.2) is 0 Å². The first-order chi connectivity index (χ1) is 53.0. The van der Waals surface area contributed by atoms with Crippen molar-refractivity contribution in [2.45, 2.75) is 174 Å². The third-order valence-corrected chi connectivity index (χ3v) is 17.5. The van der Waals surface area contributed by atoms with Gasteiger partial charge in [0.1, 0.15) is 0 Å². The van der Waals surface area contributed by atoms with Gasteiger partial charge >= 0.3 is 0 Å². The van der Waals surface area contributed by atoms with E-state index in [0.717, 1.165) is 94.3 Å². The van der Waals surface area contributed by atoms with Crippen LogP contribution >= 0.6 is 0 Å². The van der Waals surface area contributed by atoms with Crippen molar-refractivity contribution in [3.05, 3.63) is 361 Å². The van der Waals surface area contributed by atoms with Gasteiger partial charge in [0.25, 0.3) is 0 Å². The van der Waals surface area contributed by atoms with E-state index < -0.39 is 0 Å². The summed E-state index contributed by atoms with van der Waals surface area (Å²) < 4.78 is 58.8. The number of rotatable bonds is 48. The predicted molar refractivity (Wildman–Crippen MR) is 435 cm³/mol. The molecule has 12 nitrogen and oxygen atoms in total. The summed E-state index contributed by atoms with van der Waals surface area (Å²) >= 11 is 0. The van der Waals surface area contributed by atoms with Crippen LogP contribution in [0.5, 0.6) is 0 Å². The van der Waals surface area contributed by atoms with E-state index in [1.165, 1.54) is 33.9 Å². The summed E-state index contributed by atoms with van der Waals surface area (Å²) in [4.78, 5) is 24.1. The largest absolute Gasteiger partial charge is 0.377 e. The Morgan fingerprint density at radius 1 is 0.343 bits per heavy atom. The Morgan fingerprint density at radius 3 is 0.806 bits per heavy atom. The van der Waals surface area contributed by atoms with Gasteiger partial charge in [-0.15, -0.1) is 6.58 Å². The van der Waals surface area contributed by atoms with Crippen LogP contribution in [0, 0.1) is 5.41 Å². The predicted octanol–water partition coefficient (Wildman–Crippen LogP) is 21.4. The average molecular weight is 1460 g/mol. The number of ether oxygens (including phenoxy) is 10. The molecule has 1 heterocycles. The van der Waals surface area contributed by atoms with Gasteiger partial charge < -0.3 is 47.4 Å². The van der Waals surface area contributed by atoms with Crippen LogP contribution in [0.3, 0.4) is 0 Å². The Kier molecular flexibility index (Phi) is 43.1. The second-order valence-corrected chi connectivity index (χ2v) is 27.6. The van der Waals surface area contributed by atoms with Crippen molar-refractivity contribution in [3.8, 4) is 0 Å². The lowest BCUT2D eigenvalue weighted by atomic mass is 9.95. The molecule has 0 radical (unpaired) electrons. The van der Waals surface area contributed by atoms with Gasteiger partial charge in [0.05, 0.1) is 90.5 Å². The Labute approximate surface area is 645 Å². The monoisotopic (exact) mass is 1460 g/mol. The molecule has 0 amide bonds. The maximum Gasteiger partial charge on any atom is 0.208 e. The van der Waals surface area contributed by atoms with E-state index in [1.54, 1.807) is 18.2 Å². The molecule has 0 aromatic heterocycles. The Bertz CT molecular complexity index is 3600. The minimum Gasteiger partial charge on any atom is -0.377 e. The number of benzene rings is 8. The molecule has 108 heavy (non-hydrogen) atoms. The number of carbonyl (C=O) groups is 2. The fraction of sp³-hybridized carbons (Fsp3) is 0.354. The van der Waals surface area contributed by atoms with Crippen LogP contribution in [0.25, 0.3) is 0 Å². The summed E-state index contributed by atoms with van der Waals surface area (Å²) in [6, 6.07) is 81.6. The standard InChI is InChI=1S/C43H50O5.C24H28O3.C21H26O2.C8H12O2/c44-41(25-13-27-42(47-35-39-21-9-3-10-22-39)29-15-31-45-33-37-17-5-1-6-18-37)26-14-28-43(48-36-40-23-11-4-12-24-40)30-16-32-46-34-38-19-7-2-8-20-38;1-2-23(25)15-9-16-24(27-20-22-13-7-4-8-14-22)17-10-18-26-19-21-11-5-3-6-12-21;1-2-10-21(23-18-20-13-7-4-8-14-20)15-9-16-22-17-19-11-5-3-6-12-19;1-7(2)5-9-8(3-4-8)10-6-7/h1-14,17-26,42-43H,15-16,27-36H2;2-9,11-15,24H,1,10,16-20H2;2-8,11-14,21H,1,9-10,15-18H2;3-4H,5-6H2,1-2H3/b25-13+,26-14+;;;/t42-,43-;24-;21-;/m000./s1. The van der Waals surface area contributed by atoms with Crippen LogP contribution < -0.4 is 0 Å². The molecule has 4 atom stereocenters. The number of allylic oxidation sites excluding steroid dienone is 4. The van der Waals surface area contributed by atoms with Gasteiger partial charge in [0.15, 0.2) is 11.6 Å². The molecule has 1 spiro atoms. The van der Waals surface area contributed by atoms with Gasteiger partial charge in [-0.2, -0.15) is 0 Å². The highest BCUT2D eigenvalue weighted by molar-refractivity contribution is 5.99. The van der Waals surface area contributed by atoms with Crippen molar-refractivity contribution < 1.29 is 57.0 Å². The van der Waals surface area contributed by atoms with Crippen LogP contribution in [0.1, 0.15) is 135 Å². The van der Waals surface area contributed by atoms with Gasteiger partial charge in [-0.3, -0.25) is 9.59 Å². The van der Waals surface area contributed by atoms with E-state index in [9.17, 15) is 9.59 Å². The van der Waals surface area contributed by atoms with Crippen LogP contribution in [0.2, 0.25) is 0 Å². The van der Waals surface area contributed by atoms with Crippen LogP contribution in [0.15, 0.2) is 317 Å². The number of ketones is 2. The molecule has 12 heteroatoms. The summed E-state index contributed by atoms with van der Waals surface area (Å²) in [6.45, 7) is 20.8. The molecule has 0 saturated carbocycles. The molecular formula is C96H116O12. The van der Waals surface area contributed by atoms with Gasteiger partial charge in [0, 0.05) is 31.8 Å². The third kappa shape index (κ3) is 40.4. The number of hydrogen-bond donors (Lipinski definition) is 0. The summed E-state index contributed by atoms with van der Waals surface area (Å²) in [5.74, 6) is -0.478. The molecule has 0 bridgehead atoms. The van der Waals surface area contributed by atoms with Crippen molar-refractivity contribution in [1.29, 1.82) is 0 Å². The van der Waals surface area contributed by atoms with Crippen LogP contribution in [0.4, 0.5) is 0 Å². The van der Waals surface area contributed by atoms with E-state index in [2.05, 4.69) is 124 Å². The van der Waals surface area contributed by atoms with Crippen molar-refractivity contribution in [2.24, 2.45) is 5.41 Å². The third-order valence-electron chi connectivity index (χ3n) is 17.5. The molecule has 1 aliphatic carbocycles. The Balaban J connectivity index is 0.000000227. The van der Waals surface area contributed by atoms with Gasteiger partial charge in [-0.05, 0) is 158 Å². The lowest BCUT2D eigenvalue weighted by molar-refractivity contribution is -0.226. The highest BCUT2D eigenvalue weighted by Gasteiger charge is 2.43. The second-order valence-electron chi connectivity index (χ2n) is 27.6. The maximum atomic E-state index is 12.7.